The molecule has 0 saturated carbocycles. The van der Waals surface area contributed by atoms with E-state index in [1.807, 2.05) is 6.92 Å². The number of ether oxygens (including phenoxy) is 2. The van der Waals surface area contributed by atoms with Gasteiger partial charge in [-0.3, -0.25) is 4.79 Å². The second kappa shape index (κ2) is 10.1. The van der Waals surface area contributed by atoms with Crippen molar-refractivity contribution in [1.29, 1.82) is 0 Å². The monoisotopic (exact) mass is 473 g/mol. The van der Waals surface area contributed by atoms with Crippen LogP contribution >= 0.6 is 0 Å². The number of fused-ring (bicyclic) bond motifs is 1. The molecule has 3 rings (SSSR count). The van der Waals surface area contributed by atoms with Crippen LogP contribution in [-0.2, 0) is 19.6 Å². The highest BCUT2D eigenvalue weighted by Gasteiger charge is 2.31. The third-order valence-corrected chi connectivity index (χ3v) is 6.69. The van der Waals surface area contributed by atoms with Crippen LogP contribution in [0.15, 0.2) is 51.8 Å². The van der Waals surface area contributed by atoms with E-state index in [1.54, 1.807) is 39.0 Å². The molecule has 3 aromatic rings. The molecule has 1 heterocycles. The molecule has 0 aliphatic rings. The predicted molar refractivity (Wildman–Crippen MR) is 124 cm³/mol. The van der Waals surface area contributed by atoms with Gasteiger partial charge in [-0.2, -0.15) is 0 Å². The lowest BCUT2D eigenvalue weighted by Gasteiger charge is -2.23. The van der Waals surface area contributed by atoms with Gasteiger partial charge in [0.05, 0.1) is 23.8 Å². The zero-order chi connectivity index (χ0) is 24.2. The van der Waals surface area contributed by atoms with Crippen molar-refractivity contribution in [3.05, 3.63) is 53.8 Å². The van der Waals surface area contributed by atoms with E-state index in [4.69, 9.17) is 13.9 Å². The number of nitrogens with zero attached hydrogens (tertiary/aromatic N) is 1. The van der Waals surface area contributed by atoms with Crippen molar-refractivity contribution in [1.82, 2.24) is 0 Å². The molecular formula is C24H27NO7S. The first-order chi connectivity index (χ1) is 15.7. The molecule has 0 spiro atoms. The maximum atomic E-state index is 13.5. The summed E-state index contributed by atoms with van der Waals surface area (Å²) < 4.78 is 44.0. The number of sulfonamides is 1. The highest BCUT2D eigenvalue weighted by atomic mass is 32.2. The summed E-state index contributed by atoms with van der Waals surface area (Å²) in [4.78, 5) is 25.4. The maximum absolute atomic E-state index is 13.5. The lowest BCUT2D eigenvalue weighted by atomic mass is 10.1. The fourth-order valence-electron chi connectivity index (χ4n) is 3.50. The minimum atomic E-state index is -4.23. The number of rotatable bonds is 9. The number of hydrogen-bond acceptors (Lipinski definition) is 7. The molecule has 33 heavy (non-hydrogen) atoms. The highest BCUT2D eigenvalue weighted by molar-refractivity contribution is 7.93. The molecule has 2 aromatic carbocycles. The molecule has 0 aliphatic carbocycles. The Morgan fingerprint density at radius 1 is 1.00 bits per heavy atom. The van der Waals surface area contributed by atoms with Crippen LogP contribution in [0.1, 0.15) is 49.7 Å². The van der Waals surface area contributed by atoms with Gasteiger partial charge in [0.1, 0.15) is 22.7 Å². The van der Waals surface area contributed by atoms with E-state index in [1.165, 1.54) is 24.3 Å². The number of hydrogen-bond donors (Lipinski definition) is 0. The van der Waals surface area contributed by atoms with Crippen LogP contribution in [0.25, 0.3) is 11.0 Å². The van der Waals surface area contributed by atoms with Crippen molar-refractivity contribution in [3.8, 4) is 5.75 Å². The van der Waals surface area contributed by atoms with Crippen molar-refractivity contribution >= 4 is 38.6 Å². The number of aryl methyl sites for hydroxylation is 1. The Morgan fingerprint density at radius 3 is 2.30 bits per heavy atom. The van der Waals surface area contributed by atoms with Gasteiger partial charge in [-0.15, -0.1) is 0 Å². The fraction of sp³-hybridized carbons (Fsp3) is 0.333. The number of anilines is 1. The molecule has 0 fully saturated rings. The van der Waals surface area contributed by atoms with Crippen molar-refractivity contribution in [2.45, 2.75) is 45.4 Å². The summed E-state index contributed by atoms with van der Waals surface area (Å²) >= 11 is 0. The molecule has 0 unspecified atom stereocenters. The zero-order valence-electron chi connectivity index (χ0n) is 19.1. The van der Waals surface area contributed by atoms with Crippen molar-refractivity contribution < 1.29 is 31.9 Å². The second-order valence-corrected chi connectivity index (χ2v) is 9.04. The summed E-state index contributed by atoms with van der Waals surface area (Å²) in [6.07, 6.45) is 0.499. The van der Waals surface area contributed by atoms with Crippen LogP contribution in [0.4, 0.5) is 5.69 Å². The van der Waals surface area contributed by atoms with E-state index in [9.17, 15) is 18.0 Å². The number of amides is 1. The number of benzene rings is 2. The maximum Gasteiger partial charge on any atom is 0.342 e. The Balaban J connectivity index is 2.15. The van der Waals surface area contributed by atoms with Crippen LogP contribution in [0.5, 0.6) is 5.75 Å². The minimum absolute atomic E-state index is 0.0312. The molecule has 0 aliphatic heterocycles. The number of esters is 1. The standard InChI is InChI=1S/C24H27NO7S/c1-5-8-22(26)25(33(28,29)19-12-10-18(11-13-19)30-6-2)17-9-14-21-20(15-17)23(16(4)32-21)24(27)31-7-3/h9-15H,5-8H2,1-4H3. The molecule has 176 valence electrons. The minimum Gasteiger partial charge on any atom is -0.494 e. The molecule has 1 aromatic heterocycles. The molecule has 0 atom stereocenters. The Hall–Kier alpha value is -3.33. The molecule has 9 heteroatoms. The van der Waals surface area contributed by atoms with Gasteiger partial charge >= 0.3 is 5.97 Å². The van der Waals surface area contributed by atoms with E-state index in [-0.39, 0.29) is 29.2 Å². The molecule has 8 nitrogen and oxygen atoms in total. The molecule has 0 radical (unpaired) electrons. The molecule has 1 amide bonds. The third kappa shape index (κ3) is 4.88. The van der Waals surface area contributed by atoms with E-state index < -0.39 is 21.9 Å². The predicted octanol–water partition coefficient (Wildman–Crippen LogP) is 4.84. The smallest absolute Gasteiger partial charge is 0.342 e. The van der Waals surface area contributed by atoms with E-state index in [2.05, 4.69) is 0 Å². The lowest BCUT2D eigenvalue weighted by Crippen LogP contribution is -2.36. The largest absolute Gasteiger partial charge is 0.494 e. The summed E-state index contributed by atoms with van der Waals surface area (Å²) in [5, 5.41) is 0.375. The van der Waals surface area contributed by atoms with Crippen LogP contribution in [-0.4, -0.2) is 33.5 Å². The number of furan rings is 1. The summed E-state index contributed by atoms with van der Waals surface area (Å²) in [6, 6.07) is 10.4. The van der Waals surface area contributed by atoms with Gasteiger partial charge in [0, 0.05) is 11.8 Å². The van der Waals surface area contributed by atoms with Crippen molar-refractivity contribution in [3.63, 3.8) is 0 Å². The Bertz CT molecular complexity index is 1260. The molecule has 0 N–H and O–H groups in total. The van der Waals surface area contributed by atoms with Gasteiger partial charge in [0.2, 0.25) is 5.91 Å². The van der Waals surface area contributed by atoms with Gasteiger partial charge in [-0.1, -0.05) is 6.92 Å². The Labute approximate surface area is 193 Å². The van der Waals surface area contributed by atoms with Gasteiger partial charge in [-0.25, -0.2) is 17.5 Å². The van der Waals surface area contributed by atoms with Crippen LogP contribution in [0, 0.1) is 6.92 Å². The molecule has 0 saturated heterocycles. The topological polar surface area (TPSA) is 103 Å². The van der Waals surface area contributed by atoms with E-state index >= 15 is 0 Å². The molecule has 0 bridgehead atoms. The molecular weight excluding hydrogens is 446 g/mol. The van der Waals surface area contributed by atoms with Crippen LogP contribution in [0.2, 0.25) is 0 Å². The first-order valence-electron chi connectivity index (χ1n) is 10.8. The normalized spacial score (nSPS) is 11.4. The number of carbonyl (C=O) groups is 2. The lowest BCUT2D eigenvalue weighted by molar-refractivity contribution is -0.117. The van der Waals surface area contributed by atoms with Crippen LogP contribution in [0.3, 0.4) is 0 Å². The SMILES string of the molecule is CCCC(=O)N(c1ccc2oc(C)c(C(=O)OCC)c2c1)S(=O)(=O)c1ccc(OCC)cc1. The van der Waals surface area contributed by atoms with Crippen molar-refractivity contribution in [2.24, 2.45) is 0 Å². The summed E-state index contributed by atoms with van der Waals surface area (Å²) in [5.41, 5.74) is 0.705. The van der Waals surface area contributed by atoms with Gasteiger partial charge in [0.25, 0.3) is 10.0 Å². The first kappa shape index (κ1) is 24.3. The summed E-state index contributed by atoms with van der Waals surface area (Å²) in [5.74, 6) is -0.283. The highest BCUT2D eigenvalue weighted by Crippen LogP contribution is 2.33. The Morgan fingerprint density at radius 2 is 1.70 bits per heavy atom. The third-order valence-electron chi connectivity index (χ3n) is 4.92. The summed E-state index contributed by atoms with van der Waals surface area (Å²) in [7, 11) is -4.23. The zero-order valence-corrected chi connectivity index (χ0v) is 19.9. The second-order valence-electron chi connectivity index (χ2n) is 7.25. The van der Waals surface area contributed by atoms with E-state index in [0.29, 0.717) is 35.5 Å². The Kier molecular flexibility index (Phi) is 7.43. The van der Waals surface area contributed by atoms with Crippen LogP contribution < -0.4 is 9.04 Å². The summed E-state index contributed by atoms with van der Waals surface area (Å²) in [6.45, 7) is 7.56. The quantitative estimate of drug-likeness (QED) is 0.410. The average molecular weight is 474 g/mol. The van der Waals surface area contributed by atoms with E-state index in [0.717, 1.165) is 4.31 Å². The first-order valence-corrected chi connectivity index (χ1v) is 12.2. The number of carbonyl (C=O) groups excluding carboxylic acids is 2. The van der Waals surface area contributed by atoms with Gasteiger partial charge < -0.3 is 13.9 Å². The van der Waals surface area contributed by atoms with Gasteiger partial charge in [0.15, 0.2) is 0 Å². The van der Waals surface area contributed by atoms with Crippen molar-refractivity contribution in [2.75, 3.05) is 17.5 Å². The fourth-order valence-corrected chi connectivity index (χ4v) is 4.94. The van der Waals surface area contributed by atoms with Gasteiger partial charge in [-0.05, 0) is 69.7 Å². The average Bonchev–Trinajstić information content (AvgIpc) is 3.10.